The lowest BCUT2D eigenvalue weighted by molar-refractivity contribution is 0.0683. The smallest absolute Gasteiger partial charge is 0.259 e. The number of carbonyl (C=O) groups excluding carboxylic acids is 1. The zero-order chi connectivity index (χ0) is 20.5. The van der Waals surface area contributed by atoms with Crippen molar-refractivity contribution in [1.82, 2.24) is 14.3 Å². The first-order valence-electron chi connectivity index (χ1n) is 10.0. The van der Waals surface area contributed by atoms with Gasteiger partial charge in [-0.15, -0.1) is 11.3 Å². The van der Waals surface area contributed by atoms with E-state index in [4.69, 9.17) is 0 Å². The number of likely N-dealkylation sites (tertiary alicyclic amines) is 1. The van der Waals surface area contributed by atoms with E-state index in [1.807, 2.05) is 42.3 Å². The molecule has 2 aromatic heterocycles. The van der Waals surface area contributed by atoms with Crippen LogP contribution in [0.4, 0.5) is 5.69 Å². The Labute approximate surface area is 174 Å². The molecule has 1 aromatic carbocycles. The minimum Gasteiger partial charge on any atom is -0.379 e. The zero-order valence-corrected chi connectivity index (χ0v) is 17.9. The number of aromatic nitrogens is 2. The van der Waals surface area contributed by atoms with Crippen LogP contribution in [0.15, 0.2) is 34.4 Å². The van der Waals surface area contributed by atoms with Crippen LogP contribution in [0.5, 0.6) is 0 Å². The molecule has 29 heavy (non-hydrogen) atoms. The van der Waals surface area contributed by atoms with Crippen LogP contribution in [0.1, 0.15) is 47.1 Å². The van der Waals surface area contributed by atoms with E-state index in [9.17, 15) is 9.59 Å². The van der Waals surface area contributed by atoms with Crippen LogP contribution in [0.25, 0.3) is 4.96 Å². The van der Waals surface area contributed by atoms with Crippen molar-refractivity contribution in [3.63, 3.8) is 0 Å². The number of amides is 1. The van der Waals surface area contributed by atoms with E-state index in [0.29, 0.717) is 23.1 Å². The van der Waals surface area contributed by atoms with Crippen molar-refractivity contribution in [3.05, 3.63) is 62.5 Å². The molecule has 6 nitrogen and oxygen atoms in total. The third kappa shape index (κ3) is 4.05. The third-order valence-corrected chi connectivity index (χ3v) is 6.45. The van der Waals surface area contributed by atoms with Crippen LogP contribution in [0.2, 0.25) is 0 Å². The predicted octanol–water partition coefficient (Wildman–Crippen LogP) is 3.86. The molecule has 3 heterocycles. The Balaban J connectivity index is 1.47. The summed E-state index contributed by atoms with van der Waals surface area (Å²) in [6, 6.07) is 7.34. The molecule has 1 amide bonds. The number of anilines is 1. The molecule has 4 rings (SSSR count). The van der Waals surface area contributed by atoms with Crippen molar-refractivity contribution in [2.45, 2.75) is 40.2 Å². The van der Waals surface area contributed by atoms with Crippen molar-refractivity contribution >= 4 is 27.9 Å². The average molecular weight is 411 g/mol. The highest BCUT2D eigenvalue weighted by Gasteiger charge is 2.22. The standard InChI is InChI=1S/C22H26N4O2S/c1-14-5-4-8-25(12-14)21(28)17-6-7-19(15(2)9-17)23-11-18-10-20(27)26-16(3)13-29-22(26)24-18/h6-7,9-10,13-14,23H,4-5,8,11-12H2,1-3H3. The van der Waals surface area contributed by atoms with Crippen molar-refractivity contribution in [3.8, 4) is 0 Å². The number of fused-ring (bicyclic) bond motifs is 1. The van der Waals surface area contributed by atoms with Gasteiger partial charge in [-0.2, -0.15) is 0 Å². The Morgan fingerprint density at radius 3 is 2.90 bits per heavy atom. The number of aryl methyl sites for hydroxylation is 2. The van der Waals surface area contributed by atoms with Crippen LogP contribution < -0.4 is 10.9 Å². The van der Waals surface area contributed by atoms with Crippen LogP contribution >= 0.6 is 11.3 Å². The average Bonchev–Trinajstić information content (AvgIpc) is 3.07. The molecule has 1 N–H and O–H groups in total. The molecule has 0 saturated carbocycles. The maximum Gasteiger partial charge on any atom is 0.259 e. The molecule has 152 valence electrons. The van der Waals surface area contributed by atoms with E-state index in [1.54, 1.807) is 10.5 Å². The molecule has 1 atom stereocenters. The number of rotatable bonds is 4. The van der Waals surface area contributed by atoms with Crippen molar-refractivity contribution < 1.29 is 4.79 Å². The number of nitrogens with zero attached hydrogens (tertiary/aromatic N) is 3. The fourth-order valence-corrected chi connectivity index (χ4v) is 4.82. The summed E-state index contributed by atoms with van der Waals surface area (Å²) in [7, 11) is 0. The summed E-state index contributed by atoms with van der Waals surface area (Å²) in [6.07, 6.45) is 2.27. The number of hydrogen-bond donors (Lipinski definition) is 1. The van der Waals surface area contributed by atoms with Gasteiger partial charge in [-0.05, 0) is 56.4 Å². The van der Waals surface area contributed by atoms with Crippen molar-refractivity contribution in [2.24, 2.45) is 5.92 Å². The van der Waals surface area contributed by atoms with E-state index >= 15 is 0 Å². The molecule has 3 aromatic rings. The van der Waals surface area contributed by atoms with Gasteiger partial charge in [-0.3, -0.25) is 14.0 Å². The fraction of sp³-hybridized carbons (Fsp3) is 0.409. The third-order valence-electron chi connectivity index (χ3n) is 5.51. The summed E-state index contributed by atoms with van der Waals surface area (Å²) >= 11 is 1.47. The highest BCUT2D eigenvalue weighted by molar-refractivity contribution is 7.15. The topological polar surface area (TPSA) is 66.7 Å². The summed E-state index contributed by atoms with van der Waals surface area (Å²) in [4.78, 5) is 32.4. The minimum absolute atomic E-state index is 0.0565. The Hall–Kier alpha value is -2.67. The normalized spacial score (nSPS) is 16.9. The van der Waals surface area contributed by atoms with Gasteiger partial charge in [-0.1, -0.05) is 6.92 Å². The number of benzene rings is 1. The van der Waals surface area contributed by atoms with Crippen molar-refractivity contribution in [1.29, 1.82) is 0 Å². The first kappa shape index (κ1) is 19.6. The summed E-state index contributed by atoms with van der Waals surface area (Å²) in [5.41, 5.74) is 4.23. The predicted molar refractivity (Wildman–Crippen MR) is 117 cm³/mol. The summed E-state index contributed by atoms with van der Waals surface area (Å²) < 4.78 is 1.63. The molecule has 1 saturated heterocycles. The molecule has 0 bridgehead atoms. The summed E-state index contributed by atoms with van der Waals surface area (Å²) in [5.74, 6) is 0.676. The van der Waals surface area contributed by atoms with Gasteiger partial charge in [0, 0.05) is 41.5 Å². The lowest BCUT2D eigenvalue weighted by Gasteiger charge is -2.31. The molecule has 0 spiro atoms. The maximum atomic E-state index is 12.8. The van der Waals surface area contributed by atoms with Gasteiger partial charge in [0.1, 0.15) is 0 Å². The highest BCUT2D eigenvalue weighted by Crippen LogP contribution is 2.22. The van der Waals surface area contributed by atoms with E-state index < -0.39 is 0 Å². The lowest BCUT2D eigenvalue weighted by Crippen LogP contribution is -2.39. The molecule has 1 fully saturated rings. The van der Waals surface area contributed by atoms with Crippen LogP contribution in [0, 0.1) is 19.8 Å². The van der Waals surface area contributed by atoms with Gasteiger partial charge in [0.15, 0.2) is 4.96 Å². The fourth-order valence-electron chi connectivity index (χ4n) is 3.93. The molecule has 0 aliphatic carbocycles. The Morgan fingerprint density at radius 1 is 1.31 bits per heavy atom. The SMILES string of the molecule is Cc1cc(C(=O)N2CCCC(C)C2)ccc1NCc1cc(=O)n2c(C)csc2n1. The maximum absolute atomic E-state index is 12.8. The Bertz CT molecular complexity index is 1120. The van der Waals surface area contributed by atoms with E-state index in [2.05, 4.69) is 17.2 Å². The van der Waals surface area contributed by atoms with Crippen molar-refractivity contribution in [2.75, 3.05) is 18.4 Å². The van der Waals surface area contributed by atoms with E-state index in [-0.39, 0.29) is 11.5 Å². The second kappa shape index (κ2) is 7.99. The first-order valence-corrected chi connectivity index (χ1v) is 10.9. The second-order valence-electron chi connectivity index (χ2n) is 7.96. The number of carbonyl (C=O) groups is 1. The lowest BCUT2D eigenvalue weighted by atomic mass is 9.99. The monoisotopic (exact) mass is 410 g/mol. The number of nitrogens with one attached hydrogen (secondary N) is 1. The van der Waals surface area contributed by atoms with E-state index in [0.717, 1.165) is 42.0 Å². The molecular weight excluding hydrogens is 384 g/mol. The zero-order valence-electron chi connectivity index (χ0n) is 17.1. The first-order chi connectivity index (χ1) is 13.9. The summed E-state index contributed by atoms with van der Waals surface area (Å²) in [5, 5.41) is 5.28. The van der Waals surface area contributed by atoms with Crippen LogP contribution in [-0.4, -0.2) is 33.3 Å². The molecule has 0 radical (unpaired) electrons. The van der Waals surface area contributed by atoms with Gasteiger partial charge in [-0.25, -0.2) is 4.98 Å². The number of piperidine rings is 1. The largest absolute Gasteiger partial charge is 0.379 e. The molecule has 7 heteroatoms. The minimum atomic E-state index is -0.0565. The molecule has 1 unspecified atom stereocenters. The molecule has 1 aliphatic rings. The highest BCUT2D eigenvalue weighted by atomic mass is 32.1. The second-order valence-corrected chi connectivity index (χ2v) is 8.80. The number of thiazole rings is 1. The molecule has 1 aliphatic heterocycles. The van der Waals surface area contributed by atoms with E-state index in [1.165, 1.54) is 17.8 Å². The van der Waals surface area contributed by atoms with Gasteiger partial charge in [0.2, 0.25) is 0 Å². The van der Waals surface area contributed by atoms with Crippen LogP contribution in [0.3, 0.4) is 0 Å². The Morgan fingerprint density at radius 2 is 2.14 bits per heavy atom. The summed E-state index contributed by atoms with van der Waals surface area (Å²) in [6.45, 7) is 8.23. The Kier molecular flexibility index (Phi) is 5.41. The van der Waals surface area contributed by atoms with Gasteiger partial charge in [0.05, 0.1) is 12.2 Å². The molecular formula is C22H26N4O2S. The number of hydrogen-bond acceptors (Lipinski definition) is 5. The van der Waals surface area contributed by atoms with Gasteiger partial charge >= 0.3 is 0 Å². The van der Waals surface area contributed by atoms with Gasteiger partial charge < -0.3 is 10.2 Å². The van der Waals surface area contributed by atoms with Gasteiger partial charge in [0.25, 0.3) is 11.5 Å². The van der Waals surface area contributed by atoms with Crippen LogP contribution in [-0.2, 0) is 6.54 Å². The quantitative estimate of drug-likeness (QED) is 0.709.